The first kappa shape index (κ1) is 18.7. The molecule has 0 aliphatic carbocycles. The molecule has 1 amide bonds. The Bertz CT molecular complexity index is 473. The predicted molar refractivity (Wildman–Crippen MR) is 88.5 cm³/mol. The molecule has 1 heterocycles. The van der Waals surface area contributed by atoms with Gasteiger partial charge < -0.3 is 20.5 Å². The summed E-state index contributed by atoms with van der Waals surface area (Å²) in [5.41, 5.74) is 0.246. The minimum Gasteiger partial charge on any atom is -0.497 e. The number of hydrogen-bond acceptors (Lipinski definition) is 4. The Balaban J connectivity index is 0.00000242. The molecular formula is C16H25ClN2O3. The predicted octanol–water partition coefficient (Wildman–Crippen LogP) is 1.80. The Morgan fingerprint density at radius 2 is 2.09 bits per heavy atom. The van der Waals surface area contributed by atoms with Gasteiger partial charge in [-0.1, -0.05) is 12.1 Å². The van der Waals surface area contributed by atoms with Crippen molar-refractivity contribution in [2.45, 2.75) is 37.8 Å². The monoisotopic (exact) mass is 328 g/mol. The topological polar surface area (TPSA) is 70.6 Å². The lowest BCUT2D eigenvalue weighted by atomic mass is 9.90. The number of nitrogens with one attached hydrogen (secondary N) is 2. The molecule has 6 heteroatoms. The molecule has 1 fully saturated rings. The van der Waals surface area contributed by atoms with Gasteiger partial charge in [0.05, 0.1) is 18.8 Å². The van der Waals surface area contributed by atoms with Crippen molar-refractivity contribution in [1.82, 2.24) is 10.6 Å². The lowest BCUT2D eigenvalue weighted by molar-refractivity contribution is -0.128. The molecule has 1 aromatic rings. The van der Waals surface area contributed by atoms with E-state index in [1.165, 1.54) is 0 Å². The van der Waals surface area contributed by atoms with E-state index in [1.54, 1.807) is 31.4 Å². The van der Waals surface area contributed by atoms with Crippen LogP contribution in [-0.2, 0) is 4.79 Å². The smallest absolute Gasteiger partial charge is 0.240 e. The summed E-state index contributed by atoms with van der Waals surface area (Å²) in [5.74, 6) is 0.698. The summed E-state index contributed by atoms with van der Waals surface area (Å²) >= 11 is 0. The molecule has 124 valence electrons. The van der Waals surface area contributed by atoms with Crippen LogP contribution in [0, 0.1) is 0 Å². The largest absolute Gasteiger partial charge is 0.497 e. The average molecular weight is 329 g/mol. The molecule has 0 spiro atoms. The third-order valence-corrected chi connectivity index (χ3v) is 4.08. The number of hydrogen-bond donors (Lipinski definition) is 3. The van der Waals surface area contributed by atoms with Crippen molar-refractivity contribution in [3.8, 4) is 5.75 Å². The summed E-state index contributed by atoms with van der Waals surface area (Å²) in [7, 11) is 1.60. The van der Waals surface area contributed by atoms with E-state index in [-0.39, 0.29) is 24.9 Å². The molecule has 22 heavy (non-hydrogen) atoms. The van der Waals surface area contributed by atoms with Gasteiger partial charge in [-0.05, 0) is 50.4 Å². The van der Waals surface area contributed by atoms with Crippen molar-refractivity contribution in [1.29, 1.82) is 0 Å². The molecule has 1 aliphatic heterocycles. The van der Waals surface area contributed by atoms with Crippen molar-refractivity contribution in [2.75, 3.05) is 20.2 Å². The third-order valence-electron chi connectivity index (χ3n) is 4.08. The maximum atomic E-state index is 12.3. The fraction of sp³-hybridized carbons (Fsp3) is 0.562. The van der Waals surface area contributed by atoms with Crippen molar-refractivity contribution >= 4 is 18.3 Å². The molecule has 0 radical (unpaired) electrons. The van der Waals surface area contributed by atoms with Gasteiger partial charge in [-0.15, -0.1) is 12.4 Å². The van der Waals surface area contributed by atoms with Crippen LogP contribution >= 0.6 is 12.4 Å². The number of methoxy groups -OCH3 is 1. The molecule has 1 aromatic carbocycles. The van der Waals surface area contributed by atoms with Crippen LogP contribution in [0.2, 0.25) is 0 Å². The van der Waals surface area contributed by atoms with Gasteiger partial charge in [0.1, 0.15) is 5.75 Å². The number of halogens is 1. The fourth-order valence-corrected chi connectivity index (χ4v) is 2.58. The third kappa shape index (κ3) is 4.60. The maximum absolute atomic E-state index is 12.3. The first-order valence-corrected chi connectivity index (χ1v) is 7.40. The first-order valence-electron chi connectivity index (χ1n) is 7.40. The standard InChI is InChI=1S/C16H24N2O3.ClH/c1-16(9-3-4-10-18-16)15(20)17-11-14(19)12-5-7-13(21-2)8-6-12;/h5-8,14,18-19H,3-4,9-11H2,1-2H3,(H,17,20);1H. The molecule has 1 aliphatic rings. The van der Waals surface area contributed by atoms with Crippen LogP contribution in [0.5, 0.6) is 5.75 Å². The van der Waals surface area contributed by atoms with E-state index >= 15 is 0 Å². The summed E-state index contributed by atoms with van der Waals surface area (Å²) in [6.07, 6.45) is 2.28. The van der Waals surface area contributed by atoms with Crippen LogP contribution in [0.3, 0.4) is 0 Å². The van der Waals surface area contributed by atoms with E-state index in [0.29, 0.717) is 0 Å². The van der Waals surface area contributed by atoms with Gasteiger partial charge in [-0.2, -0.15) is 0 Å². The van der Waals surface area contributed by atoms with E-state index < -0.39 is 11.6 Å². The zero-order valence-electron chi connectivity index (χ0n) is 13.1. The number of amides is 1. The molecule has 0 saturated carbocycles. The minimum atomic E-state index is -0.716. The summed E-state index contributed by atoms with van der Waals surface area (Å²) in [4.78, 5) is 12.3. The van der Waals surface area contributed by atoms with Crippen molar-refractivity contribution in [2.24, 2.45) is 0 Å². The molecule has 3 N–H and O–H groups in total. The Hall–Kier alpha value is -1.30. The highest BCUT2D eigenvalue weighted by Gasteiger charge is 2.34. The highest BCUT2D eigenvalue weighted by Crippen LogP contribution is 2.20. The fourth-order valence-electron chi connectivity index (χ4n) is 2.58. The van der Waals surface area contributed by atoms with Gasteiger partial charge >= 0.3 is 0 Å². The number of rotatable bonds is 5. The molecule has 0 aromatic heterocycles. The highest BCUT2D eigenvalue weighted by atomic mass is 35.5. The van der Waals surface area contributed by atoms with E-state index in [4.69, 9.17) is 4.74 Å². The van der Waals surface area contributed by atoms with Gasteiger partial charge in [0, 0.05) is 6.54 Å². The van der Waals surface area contributed by atoms with E-state index in [2.05, 4.69) is 10.6 Å². The average Bonchev–Trinajstić information content (AvgIpc) is 2.53. The Kier molecular flexibility index (Phi) is 7.13. The number of carbonyl (C=O) groups is 1. The zero-order chi connectivity index (χ0) is 15.3. The van der Waals surface area contributed by atoms with Gasteiger partial charge in [0.15, 0.2) is 0 Å². The van der Waals surface area contributed by atoms with Crippen LogP contribution in [0.15, 0.2) is 24.3 Å². The SMILES string of the molecule is COc1ccc(C(O)CNC(=O)C2(C)CCCCN2)cc1.Cl. The van der Waals surface area contributed by atoms with Crippen LogP contribution in [0.4, 0.5) is 0 Å². The lowest BCUT2D eigenvalue weighted by Gasteiger charge is -2.33. The maximum Gasteiger partial charge on any atom is 0.240 e. The molecule has 1 saturated heterocycles. The summed E-state index contributed by atoms with van der Waals surface area (Å²) in [6.45, 7) is 2.99. The molecule has 2 rings (SSSR count). The second kappa shape index (κ2) is 8.36. The zero-order valence-corrected chi connectivity index (χ0v) is 13.9. The van der Waals surface area contributed by atoms with E-state index in [0.717, 1.165) is 37.1 Å². The second-order valence-corrected chi connectivity index (χ2v) is 5.71. The number of carbonyl (C=O) groups excluding carboxylic acids is 1. The van der Waals surface area contributed by atoms with E-state index in [1.807, 2.05) is 6.92 Å². The molecule has 2 unspecified atom stereocenters. The molecule has 0 bridgehead atoms. The van der Waals surface area contributed by atoms with Crippen molar-refractivity contribution in [3.05, 3.63) is 29.8 Å². The Morgan fingerprint density at radius 3 is 2.64 bits per heavy atom. The van der Waals surface area contributed by atoms with Crippen molar-refractivity contribution < 1.29 is 14.6 Å². The van der Waals surface area contributed by atoms with Crippen molar-refractivity contribution in [3.63, 3.8) is 0 Å². The summed E-state index contributed by atoms with van der Waals surface area (Å²) in [5, 5.41) is 16.2. The number of aliphatic hydroxyl groups excluding tert-OH is 1. The summed E-state index contributed by atoms with van der Waals surface area (Å²) in [6, 6.07) is 7.20. The second-order valence-electron chi connectivity index (χ2n) is 5.71. The summed E-state index contributed by atoms with van der Waals surface area (Å²) < 4.78 is 5.08. The van der Waals surface area contributed by atoms with Crippen LogP contribution in [0.25, 0.3) is 0 Å². The van der Waals surface area contributed by atoms with E-state index in [9.17, 15) is 9.90 Å². The quantitative estimate of drug-likeness (QED) is 0.771. The first-order chi connectivity index (χ1) is 10.0. The van der Waals surface area contributed by atoms with Gasteiger partial charge in [0.2, 0.25) is 5.91 Å². The molecule has 2 atom stereocenters. The normalized spacial score (nSPS) is 22.3. The number of ether oxygens (including phenoxy) is 1. The molecular weight excluding hydrogens is 304 g/mol. The van der Waals surface area contributed by atoms with Gasteiger partial charge in [-0.25, -0.2) is 0 Å². The lowest BCUT2D eigenvalue weighted by Crippen LogP contribution is -2.57. The number of benzene rings is 1. The van der Waals surface area contributed by atoms with Crippen LogP contribution in [-0.4, -0.2) is 36.8 Å². The minimum absolute atomic E-state index is 0. The van der Waals surface area contributed by atoms with Crippen LogP contribution < -0.4 is 15.4 Å². The van der Waals surface area contributed by atoms with Gasteiger partial charge in [0.25, 0.3) is 0 Å². The van der Waals surface area contributed by atoms with Gasteiger partial charge in [-0.3, -0.25) is 4.79 Å². The number of aliphatic hydroxyl groups is 1. The highest BCUT2D eigenvalue weighted by molar-refractivity contribution is 5.86. The van der Waals surface area contributed by atoms with Crippen LogP contribution in [0.1, 0.15) is 37.9 Å². The number of piperidine rings is 1. The Labute approximate surface area is 137 Å². The molecule has 5 nitrogen and oxygen atoms in total. The Morgan fingerprint density at radius 1 is 1.41 bits per heavy atom.